The quantitative estimate of drug-likeness (QED) is 0.471. The summed E-state index contributed by atoms with van der Waals surface area (Å²) in [7, 11) is 0. The van der Waals surface area contributed by atoms with E-state index in [1.54, 1.807) is 0 Å². The van der Waals surface area contributed by atoms with Crippen molar-refractivity contribution in [3.8, 4) is 0 Å². The molecule has 74 valence electrons. The van der Waals surface area contributed by atoms with Crippen molar-refractivity contribution in [1.82, 2.24) is 5.32 Å². The molecule has 0 radical (unpaired) electrons. The Morgan fingerprint density at radius 2 is 1.83 bits per heavy atom. The number of rotatable bonds is 8. The molecule has 0 saturated heterocycles. The minimum atomic E-state index is -0.177. The molecule has 0 aliphatic carbocycles. The highest BCUT2D eigenvalue weighted by Gasteiger charge is 1.94. The predicted octanol–water partition coefficient (Wildman–Crippen LogP) is 0.510. The zero-order valence-electron chi connectivity index (χ0n) is 7.92. The molecule has 0 spiro atoms. The first-order chi connectivity index (χ1) is 5.77. The highest BCUT2D eigenvalue weighted by molar-refractivity contribution is 4.52. The highest BCUT2D eigenvalue weighted by atomic mass is 16.3. The molecule has 12 heavy (non-hydrogen) atoms. The Morgan fingerprint density at radius 3 is 2.42 bits per heavy atom. The van der Waals surface area contributed by atoms with Crippen molar-refractivity contribution in [1.29, 1.82) is 0 Å². The van der Waals surface area contributed by atoms with Crippen LogP contribution in [-0.2, 0) is 0 Å². The van der Waals surface area contributed by atoms with Crippen molar-refractivity contribution in [3.63, 3.8) is 0 Å². The monoisotopic (exact) mass is 175 g/mol. The summed E-state index contributed by atoms with van der Waals surface area (Å²) in [6.07, 6.45) is 3.63. The number of aliphatic hydroxyl groups excluding tert-OH is 2. The van der Waals surface area contributed by atoms with Gasteiger partial charge in [0.2, 0.25) is 0 Å². The van der Waals surface area contributed by atoms with Gasteiger partial charge in [0.25, 0.3) is 0 Å². The second-order valence-corrected chi connectivity index (χ2v) is 3.17. The number of nitrogens with one attached hydrogen (secondary N) is 1. The maximum atomic E-state index is 8.93. The first kappa shape index (κ1) is 11.9. The van der Waals surface area contributed by atoms with Crippen molar-refractivity contribution in [2.75, 3.05) is 19.7 Å². The lowest BCUT2D eigenvalue weighted by atomic mass is 10.2. The summed E-state index contributed by atoms with van der Waals surface area (Å²) in [6.45, 7) is 4.04. The van der Waals surface area contributed by atoms with E-state index in [1.165, 1.54) is 0 Å². The largest absolute Gasteiger partial charge is 0.396 e. The van der Waals surface area contributed by atoms with Gasteiger partial charge in [0.15, 0.2) is 0 Å². The van der Waals surface area contributed by atoms with Crippen LogP contribution < -0.4 is 5.32 Å². The number of aliphatic hydroxyl groups is 2. The van der Waals surface area contributed by atoms with Crippen LogP contribution in [0.4, 0.5) is 0 Å². The number of hydrogen-bond donors (Lipinski definition) is 3. The molecule has 0 aromatic heterocycles. The van der Waals surface area contributed by atoms with Gasteiger partial charge in [0.05, 0.1) is 6.10 Å². The van der Waals surface area contributed by atoms with Crippen LogP contribution in [0.15, 0.2) is 0 Å². The SMILES string of the molecule is CC(O)CCCNCCCCO. The Hall–Kier alpha value is -0.120. The number of unbranched alkanes of at least 4 members (excludes halogenated alkanes) is 1. The fourth-order valence-corrected chi connectivity index (χ4v) is 1.01. The van der Waals surface area contributed by atoms with E-state index in [4.69, 9.17) is 10.2 Å². The zero-order valence-corrected chi connectivity index (χ0v) is 7.92. The van der Waals surface area contributed by atoms with E-state index in [0.717, 1.165) is 38.8 Å². The molecule has 0 aliphatic rings. The third-order valence-corrected chi connectivity index (χ3v) is 1.74. The van der Waals surface area contributed by atoms with E-state index in [9.17, 15) is 0 Å². The van der Waals surface area contributed by atoms with Crippen molar-refractivity contribution in [2.24, 2.45) is 0 Å². The van der Waals surface area contributed by atoms with Gasteiger partial charge < -0.3 is 15.5 Å². The lowest BCUT2D eigenvalue weighted by molar-refractivity contribution is 0.181. The molecular weight excluding hydrogens is 154 g/mol. The van der Waals surface area contributed by atoms with Gasteiger partial charge in [-0.15, -0.1) is 0 Å². The van der Waals surface area contributed by atoms with Gasteiger partial charge in [-0.3, -0.25) is 0 Å². The minimum Gasteiger partial charge on any atom is -0.396 e. The Balaban J connectivity index is 2.82. The molecule has 3 N–H and O–H groups in total. The van der Waals surface area contributed by atoms with E-state index in [-0.39, 0.29) is 12.7 Å². The maximum Gasteiger partial charge on any atom is 0.0512 e. The Morgan fingerprint density at radius 1 is 1.17 bits per heavy atom. The van der Waals surface area contributed by atoms with Gasteiger partial charge in [-0.2, -0.15) is 0 Å². The molecule has 0 aliphatic heterocycles. The van der Waals surface area contributed by atoms with Gasteiger partial charge in [-0.05, 0) is 45.7 Å². The molecule has 0 rings (SSSR count). The average molecular weight is 175 g/mol. The van der Waals surface area contributed by atoms with Crippen LogP contribution in [0.3, 0.4) is 0 Å². The molecule has 0 aromatic carbocycles. The van der Waals surface area contributed by atoms with Crippen molar-refractivity contribution >= 4 is 0 Å². The fourth-order valence-electron chi connectivity index (χ4n) is 1.01. The average Bonchev–Trinajstić information content (AvgIpc) is 2.02. The van der Waals surface area contributed by atoms with Crippen LogP contribution in [0.1, 0.15) is 32.6 Å². The zero-order chi connectivity index (χ0) is 9.23. The summed E-state index contributed by atoms with van der Waals surface area (Å²) in [5, 5.41) is 20.7. The van der Waals surface area contributed by atoms with Crippen LogP contribution in [0, 0.1) is 0 Å². The smallest absolute Gasteiger partial charge is 0.0512 e. The summed E-state index contributed by atoms with van der Waals surface area (Å²) >= 11 is 0. The van der Waals surface area contributed by atoms with Gasteiger partial charge in [0, 0.05) is 6.61 Å². The van der Waals surface area contributed by atoms with Crippen LogP contribution in [0.5, 0.6) is 0 Å². The lowest BCUT2D eigenvalue weighted by Gasteiger charge is -2.05. The number of hydrogen-bond acceptors (Lipinski definition) is 3. The molecule has 0 saturated carbocycles. The summed E-state index contributed by atoms with van der Waals surface area (Å²) in [6, 6.07) is 0. The van der Waals surface area contributed by atoms with Crippen LogP contribution >= 0.6 is 0 Å². The van der Waals surface area contributed by atoms with Gasteiger partial charge in [-0.25, -0.2) is 0 Å². The second-order valence-electron chi connectivity index (χ2n) is 3.17. The van der Waals surface area contributed by atoms with Gasteiger partial charge in [0.1, 0.15) is 0 Å². The molecular formula is C9H21NO2. The summed E-state index contributed by atoms with van der Waals surface area (Å²) in [4.78, 5) is 0. The fraction of sp³-hybridized carbons (Fsp3) is 1.00. The third-order valence-electron chi connectivity index (χ3n) is 1.74. The van der Waals surface area contributed by atoms with Crippen molar-refractivity contribution < 1.29 is 10.2 Å². The van der Waals surface area contributed by atoms with E-state index in [2.05, 4.69) is 5.32 Å². The maximum absolute atomic E-state index is 8.93. The first-order valence-corrected chi connectivity index (χ1v) is 4.77. The van der Waals surface area contributed by atoms with E-state index in [1.807, 2.05) is 6.92 Å². The van der Waals surface area contributed by atoms with Crippen LogP contribution in [0.2, 0.25) is 0 Å². The highest BCUT2D eigenvalue weighted by Crippen LogP contribution is 1.93. The molecule has 0 amide bonds. The normalized spacial score (nSPS) is 13.2. The first-order valence-electron chi connectivity index (χ1n) is 4.77. The molecule has 1 atom stereocenters. The standard InChI is InChI=1S/C9H21NO2/c1-9(12)5-4-7-10-6-2-3-8-11/h9-12H,2-8H2,1H3. The lowest BCUT2D eigenvalue weighted by Crippen LogP contribution is -2.18. The summed E-state index contributed by atoms with van der Waals surface area (Å²) in [5.41, 5.74) is 0. The Labute approximate surface area is 74.8 Å². The van der Waals surface area contributed by atoms with E-state index in [0.29, 0.717) is 0 Å². The molecule has 3 heteroatoms. The topological polar surface area (TPSA) is 52.5 Å². The van der Waals surface area contributed by atoms with E-state index < -0.39 is 0 Å². The Kier molecular flexibility index (Phi) is 8.88. The molecule has 3 nitrogen and oxygen atoms in total. The third kappa shape index (κ3) is 9.88. The molecule has 1 unspecified atom stereocenters. The predicted molar refractivity (Wildman–Crippen MR) is 50.1 cm³/mol. The van der Waals surface area contributed by atoms with Crippen molar-refractivity contribution in [2.45, 2.75) is 38.7 Å². The molecule has 0 heterocycles. The van der Waals surface area contributed by atoms with Crippen LogP contribution in [0.25, 0.3) is 0 Å². The Bertz CT molecular complexity index is 86.6. The van der Waals surface area contributed by atoms with E-state index >= 15 is 0 Å². The molecule has 0 aromatic rings. The summed E-state index contributed by atoms with van der Waals surface area (Å²) < 4.78 is 0. The van der Waals surface area contributed by atoms with Crippen molar-refractivity contribution in [3.05, 3.63) is 0 Å². The second kappa shape index (κ2) is 8.97. The van der Waals surface area contributed by atoms with Crippen LogP contribution in [-0.4, -0.2) is 36.0 Å². The summed E-state index contributed by atoms with van der Waals surface area (Å²) in [5.74, 6) is 0. The minimum absolute atomic E-state index is 0.177. The van der Waals surface area contributed by atoms with Gasteiger partial charge in [-0.1, -0.05) is 0 Å². The molecule has 0 fully saturated rings. The van der Waals surface area contributed by atoms with Gasteiger partial charge >= 0.3 is 0 Å². The molecule has 0 bridgehead atoms.